The smallest absolute Gasteiger partial charge is 0.236 e. The lowest BCUT2D eigenvalue weighted by Gasteiger charge is -2.19. The van der Waals surface area contributed by atoms with Crippen molar-refractivity contribution in [3.05, 3.63) is 90.0 Å². The van der Waals surface area contributed by atoms with Gasteiger partial charge in [0.25, 0.3) is 0 Å². The van der Waals surface area contributed by atoms with Crippen molar-refractivity contribution in [1.82, 2.24) is 15.0 Å². The van der Waals surface area contributed by atoms with Crippen molar-refractivity contribution in [1.29, 1.82) is 0 Å². The van der Waals surface area contributed by atoms with Crippen molar-refractivity contribution in [3.8, 4) is 11.5 Å². The fourth-order valence-corrected chi connectivity index (χ4v) is 3.29. The molecule has 0 aliphatic rings. The molecule has 0 unspecified atom stereocenters. The molecule has 0 amide bonds. The van der Waals surface area contributed by atoms with Crippen LogP contribution >= 0.6 is 0 Å². The number of methoxy groups -OCH3 is 2. The van der Waals surface area contributed by atoms with Gasteiger partial charge in [-0.05, 0) is 47.5 Å². The standard InChI is InChI=1S/C26H28N6O2/c1-32(21-7-5-4-6-8-21)26-30-24(27-17-19-9-13-22(33-2)14-10-19)29-25(31-26)28-18-20-11-15-23(34-3)16-12-20/h4-16H,17-18H2,1-3H3,(H2,27,28,29,30,31). The number of hydrogen-bond donors (Lipinski definition) is 2. The van der Waals surface area contributed by atoms with E-state index in [4.69, 9.17) is 9.47 Å². The van der Waals surface area contributed by atoms with E-state index < -0.39 is 0 Å². The minimum absolute atomic E-state index is 0.487. The van der Waals surface area contributed by atoms with E-state index in [9.17, 15) is 0 Å². The van der Waals surface area contributed by atoms with Crippen molar-refractivity contribution in [2.75, 3.05) is 36.8 Å². The topological polar surface area (TPSA) is 84.4 Å². The Hall–Kier alpha value is -4.33. The lowest BCUT2D eigenvalue weighted by molar-refractivity contribution is 0.414. The molecule has 4 aromatic rings. The molecule has 8 heteroatoms. The summed E-state index contributed by atoms with van der Waals surface area (Å²) in [5.74, 6) is 3.15. The Morgan fingerprint density at radius 1 is 0.647 bits per heavy atom. The predicted molar refractivity (Wildman–Crippen MR) is 135 cm³/mol. The second-order valence-corrected chi connectivity index (χ2v) is 7.58. The molecule has 0 atom stereocenters. The molecule has 174 valence electrons. The molecule has 0 aliphatic heterocycles. The molecule has 1 heterocycles. The fourth-order valence-electron chi connectivity index (χ4n) is 3.29. The SMILES string of the molecule is COc1ccc(CNc2nc(NCc3ccc(OC)cc3)nc(N(C)c3ccccc3)n2)cc1. The van der Waals surface area contributed by atoms with Gasteiger partial charge in [0.1, 0.15) is 11.5 Å². The molecule has 0 radical (unpaired) electrons. The molecule has 4 rings (SSSR count). The Morgan fingerprint density at radius 3 is 1.56 bits per heavy atom. The van der Waals surface area contributed by atoms with E-state index in [1.54, 1.807) is 14.2 Å². The van der Waals surface area contributed by atoms with Crippen LogP contribution in [0.1, 0.15) is 11.1 Å². The molecule has 0 fully saturated rings. The van der Waals surface area contributed by atoms with Gasteiger partial charge in [-0.2, -0.15) is 15.0 Å². The zero-order valence-electron chi connectivity index (χ0n) is 19.5. The first-order chi connectivity index (χ1) is 16.6. The van der Waals surface area contributed by atoms with Gasteiger partial charge in [0.05, 0.1) is 14.2 Å². The highest BCUT2D eigenvalue weighted by atomic mass is 16.5. The predicted octanol–water partition coefficient (Wildman–Crippen LogP) is 4.88. The van der Waals surface area contributed by atoms with E-state index in [-0.39, 0.29) is 0 Å². The molecule has 0 bridgehead atoms. The molecule has 0 saturated carbocycles. The van der Waals surface area contributed by atoms with Gasteiger partial charge in [-0.15, -0.1) is 0 Å². The molecule has 1 aromatic heterocycles. The molecule has 0 saturated heterocycles. The van der Waals surface area contributed by atoms with Crippen LogP contribution in [0.15, 0.2) is 78.9 Å². The van der Waals surface area contributed by atoms with E-state index in [1.807, 2.05) is 90.8 Å². The summed E-state index contributed by atoms with van der Waals surface area (Å²) in [7, 11) is 5.25. The number of nitrogens with one attached hydrogen (secondary N) is 2. The zero-order chi connectivity index (χ0) is 23.8. The summed E-state index contributed by atoms with van der Waals surface area (Å²) in [5, 5.41) is 6.63. The van der Waals surface area contributed by atoms with E-state index in [1.165, 1.54) is 0 Å². The van der Waals surface area contributed by atoms with E-state index >= 15 is 0 Å². The highest BCUT2D eigenvalue weighted by Gasteiger charge is 2.12. The molecule has 34 heavy (non-hydrogen) atoms. The van der Waals surface area contributed by atoms with Crippen LogP contribution in [0.5, 0.6) is 11.5 Å². The van der Waals surface area contributed by atoms with E-state index in [0.717, 1.165) is 28.3 Å². The molecular weight excluding hydrogens is 428 g/mol. The van der Waals surface area contributed by atoms with Crippen molar-refractivity contribution in [3.63, 3.8) is 0 Å². The Kier molecular flexibility index (Phi) is 7.39. The molecule has 0 spiro atoms. The maximum absolute atomic E-state index is 5.23. The number of ether oxygens (including phenoxy) is 2. The Labute approximate surface area is 199 Å². The average molecular weight is 457 g/mol. The lowest BCUT2D eigenvalue weighted by atomic mass is 10.2. The lowest BCUT2D eigenvalue weighted by Crippen LogP contribution is -2.17. The van der Waals surface area contributed by atoms with Gasteiger partial charge in [0, 0.05) is 25.8 Å². The molecule has 2 N–H and O–H groups in total. The van der Waals surface area contributed by atoms with Crippen LogP contribution in [0.4, 0.5) is 23.5 Å². The second-order valence-electron chi connectivity index (χ2n) is 7.58. The number of nitrogens with zero attached hydrogens (tertiary/aromatic N) is 4. The normalized spacial score (nSPS) is 10.4. The maximum atomic E-state index is 5.23. The van der Waals surface area contributed by atoms with Crippen LogP contribution < -0.4 is 25.0 Å². The first kappa shape index (κ1) is 22.8. The number of para-hydroxylation sites is 1. The van der Waals surface area contributed by atoms with Crippen LogP contribution in [0.3, 0.4) is 0 Å². The van der Waals surface area contributed by atoms with Crippen LogP contribution in [0.2, 0.25) is 0 Å². The second kappa shape index (κ2) is 11.0. The Balaban J connectivity index is 1.54. The molecule has 3 aromatic carbocycles. The molecule has 0 aliphatic carbocycles. The van der Waals surface area contributed by atoms with Crippen molar-refractivity contribution in [2.24, 2.45) is 0 Å². The summed E-state index contributed by atoms with van der Waals surface area (Å²) in [5.41, 5.74) is 3.16. The Bertz CT molecular complexity index is 1110. The van der Waals surface area contributed by atoms with Crippen LogP contribution in [0, 0.1) is 0 Å². The number of hydrogen-bond acceptors (Lipinski definition) is 8. The van der Waals surface area contributed by atoms with Crippen molar-refractivity contribution < 1.29 is 9.47 Å². The summed E-state index contributed by atoms with van der Waals surface area (Å²) in [4.78, 5) is 15.8. The number of aromatic nitrogens is 3. The third kappa shape index (κ3) is 5.92. The van der Waals surface area contributed by atoms with Gasteiger partial charge in [0.2, 0.25) is 17.8 Å². The van der Waals surface area contributed by atoms with E-state index in [0.29, 0.717) is 30.9 Å². The van der Waals surface area contributed by atoms with Crippen molar-refractivity contribution in [2.45, 2.75) is 13.1 Å². The monoisotopic (exact) mass is 456 g/mol. The maximum Gasteiger partial charge on any atom is 0.236 e. The highest BCUT2D eigenvalue weighted by Crippen LogP contribution is 2.22. The third-order valence-electron chi connectivity index (χ3n) is 5.29. The zero-order valence-corrected chi connectivity index (χ0v) is 19.5. The molecular formula is C26H28N6O2. The summed E-state index contributed by atoms with van der Waals surface area (Å²) in [6, 6.07) is 25.7. The van der Waals surface area contributed by atoms with Crippen LogP contribution in [-0.2, 0) is 13.1 Å². The largest absolute Gasteiger partial charge is 0.497 e. The Morgan fingerprint density at radius 2 is 1.12 bits per heavy atom. The first-order valence-electron chi connectivity index (χ1n) is 10.9. The number of rotatable bonds is 10. The minimum Gasteiger partial charge on any atom is -0.497 e. The van der Waals surface area contributed by atoms with Gasteiger partial charge in [0.15, 0.2) is 0 Å². The van der Waals surface area contributed by atoms with Gasteiger partial charge in [-0.3, -0.25) is 0 Å². The first-order valence-corrected chi connectivity index (χ1v) is 10.9. The number of benzene rings is 3. The fraction of sp³-hybridized carbons (Fsp3) is 0.192. The number of anilines is 4. The van der Waals surface area contributed by atoms with Gasteiger partial charge < -0.3 is 25.0 Å². The van der Waals surface area contributed by atoms with Gasteiger partial charge >= 0.3 is 0 Å². The van der Waals surface area contributed by atoms with Crippen LogP contribution in [0.25, 0.3) is 0 Å². The van der Waals surface area contributed by atoms with Gasteiger partial charge in [-0.25, -0.2) is 0 Å². The summed E-state index contributed by atoms with van der Waals surface area (Å²) < 4.78 is 10.5. The summed E-state index contributed by atoms with van der Waals surface area (Å²) >= 11 is 0. The third-order valence-corrected chi connectivity index (χ3v) is 5.29. The van der Waals surface area contributed by atoms with Crippen LogP contribution in [-0.4, -0.2) is 36.2 Å². The van der Waals surface area contributed by atoms with Gasteiger partial charge in [-0.1, -0.05) is 42.5 Å². The minimum atomic E-state index is 0.487. The summed E-state index contributed by atoms with van der Waals surface area (Å²) in [6.45, 7) is 1.14. The quantitative estimate of drug-likeness (QED) is 0.349. The van der Waals surface area contributed by atoms with E-state index in [2.05, 4.69) is 25.6 Å². The summed E-state index contributed by atoms with van der Waals surface area (Å²) in [6.07, 6.45) is 0. The molecule has 8 nitrogen and oxygen atoms in total. The average Bonchev–Trinajstić information content (AvgIpc) is 2.91. The van der Waals surface area contributed by atoms with Crippen molar-refractivity contribution >= 4 is 23.5 Å². The highest BCUT2D eigenvalue weighted by molar-refractivity contribution is 5.58.